The first kappa shape index (κ1) is 9.19. The lowest BCUT2D eigenvalue weighted by Gasteiger charge is -2.24. The van der Waals surface area contributed by atoms with Gasteiger partial charge in [0.25, 0.3) is 0 Å². The molecule has 0 spiro atoms. The van der Waals surface area contributed by atoms with Crippen LogP contribution in [0.4, 0.5) is 0 Å². The number of benzene rings is 1. The van der Waals surface area contributed by atoms with Crippen LogP contribution >= 0.6 is 15.9 Å². The van der Waals surface area contributed by atoms with Crippen molar-refractivity contribution in [2.75, 3.05) is 19.8 Å². The van der Waals surface area contributed by atoms with Gasteiger partial charge in [0.15, 0.2) is 0 Å². The van der Waals surface area contributed by atoms with Crippen LogP contribution < -0.4 is 5.32 Å². The highest BCUT2D eigenvalue weighted by molar-refractivity contribution is 9.10. The van der Waals surface area contributed by atoms with Crippen LogP contribution in [0.25, 0.3) is 0 Å². The fourth-order valence-electron chi connectivity index (χ4n) is 1.52. The summed E-state index contributed by atoms with van der Waals surface area (Å²) < 4.78 is 6.56. The molecule has 0 aromatic heterocycles. The number of rotatable bonds is 1. The Kier molecular flexibility index (Phi) is 2.98. The van der Waals surface area contributed by atoms with Gasteiger partial charge in [-0.05, 0) is 11.6 Å². The van der Waals surface area contributed by atoms with Gasteiger partial charge in [-0.1, -0.05) is 34.1 Å². The molecule has 3 heteroatoms. The molecule has 0 saturated carbocycles. The second-order valence-corrected chi connectivity index (χ2v) is 3.96. The lowest BCUT2D eigenvalue weighted by molar-refractivity contribution is 0.0767. The van der Waals surface area contributed by atoms with E-state index in [2.05, 4.69) is 39.4 Å². The quantitative estimate of drug-likeness (QED) is 0.814. The van der Waals surface area contributed by atoms with Crippen LogP contribution in [0.1, 0.15) is 11.6 Å². The third-order valence-electron chi connectivity index (χ3n) is 2.20. The van der Waals surface area contributed by atoms with E-state index in [1.165, 1.54) is 5.56 Å². The van der Waals surface area contributed by atoms with Crippen molar-refractivity contribution in [2.24, 2.45) is 0 Å². The molecule has 1 N–H and O–H groups in total. The van der Waals surface area contributed by atoms with E-state index in [1.54, 1.807) is 0 Å². The molecular formula is C10H12BrNO. The molecule has 0 unspecified atom stereocenters. The summed E-state index contributed by atoms with van der Waals surface area (Å²) in [5.74, 6) is 0. The summed E-state index contributed by atoms with van der Waals surface area (Å²) >= 11 is 3.54. The number of halogens is 1. The van der Waals surface area contributed by atoms with Crippen LogP contribution in [0.15, 0.2) is 28.7 Å². The summed E-state index contributed by atoms with van der Waals surface area (Å²) in [6, 6.07) is 8.60. The van der Waals surface area contributed by atoms with Gasteiger partial charge in [0.1, 0.15) is 0 Å². The molecule has 0 aliphatic carbocycles. The molecule has 1 atom stereocenters. The molecule has 1 heterocycles. The van der Waals surface area contributed by atoms with Crippen LogP contribution in [0, 0.1) is 0 Å². The third-order valence-corrected chi connectivity index (χ3v) is 2.92. The smallest absolute Gasteiger partial charge is 0.0662 e. The van der Waals surface area contributed by atoms with E-state index in [-0.39, 0.29) is 0 Å². The van der Waals surface area contributed by atoms with Gasteiger partial charge in [-0.2, -0.15) is 0 Å². The van der Waals surface area contributed by atoms with Crippen LogP contribution in [0.3, 0.4) is 0 Å². The molecule has 13 heavy (non-hydrogen) atoms. The maximum absolute atomic E-state index is 5.41. The first-order valence-electron chi connectivity index (χ1n) is 4.43. The fourth-order valence-corrected chi connectivity index (χ4v) is 2.08. The predicted octanol–water partition coefficient (Wildman–Crippen LogP) is 2.11. The second-order valence-electron chi connectivity index (χ2n) is 3.10. The number of hydrogen-bond donors (Lipinski definition) is 1. The Morgan fingerprint density at radius 1 is 1.38 bits per heavy atom. The molecule has 1 saturated heterocycles. The molecule has 0 radical (unpaired) electrons. The van der Waals surface area contributed by atoms with Crippen molar-refractivity contribution in [2.45, 2.75) is 6.04 Å². The number of morpholine rings is 1. The average molecular weight is 242 g/mol. The number of hydrogen-bond acceptors (Lipinski definition) is 2. The molecule has 1 aromatic rings. The molecule has 1 aliphatic heterocycles. The third kappa shape index (κ3) is 2.10. The van der Waals surface area contributed by atoms with E-state index in [1.807, 2.05) is 6.07 Å². The molecule has 1 aliphatic rings. The first-order chi connectivity index (χ1) is 6.38. The van der Waals surface area contributed by atoms with Gasteiger partial charge in [-0.15, -0.1) is 0 Å². The lowest BCUT2D eigenvalue weighted by atomic mass is 10.1. The van der Waals surface area contributed by atoms with Crippen molar-refractivity contribution < 1.29 is 4.74 Å². The summed E-state index contributed by atoms with van der Waals surface area (Å²) in [7, 11) is 0. The molecule has 1 fully saturated rings. The minimum Gasteiger partial charge on any atom is -0.378 e. The highest BCUT2D eigenvalue weighted by Crippen LogP contribution is 2.24. The Hall–Kier alpha value is -0.380. The van der Waals surface area contributed by atoms with Gasteiger partial charge in [0, 0.05) is 11.0 Å². The topological polar surface area (TPSA) is 21.3 Å². The van der Waals surface area contributed by atoms with E-state index in [0.717, 1.165) is 24.2 Å². The van der Waals surface area contributed by atoms with E-state index < -0.39 is 0 Å². The lowest BCUT2D eigenvalue weighted by Crippen LogP contribution is -2.34. The summed E-state index contributed by atoms with van der Waals surface area (Å²) in [5.41, 5.74) is 1.28. The SMILES string of the molecule is Brc1ccccc1[C@@H]1COCCN1. The normalized spacial score (nSPS) is 23.0. The molecule has 2 nitrogen and oxygen atoms in total. The van der Waals surface area contributed by atoms with Gasteiger partial charge in [0.2, 0.25) is 0 Å². The van der Waals surface area contributed by atoms with Crippen LogP contribution in [-0.2, 0) is 4.74 Å². The Morgan fingerprint density at radius 2 is 2.23 bits per heavy atom. The largest absolute Gasteiger partial charge is 0.378 e. The van der Waals surface area contributed by atoms with Crippen molar-refractivity contribution in [3.63, 3.8) is 0 Å². The van der Waals surface area contributed by atoms with Crippen LogP contribution in [0.2, 0.25) is 0 Å². The zero-order valence-electron chi connectivity index (χ0n) is 7.29. The summed E-state index contributed by atoms with van der Waals surface area (Å²) in [4.78, 5) is 0. The summed E-state index contributed by atoms with van der Waals surface area (Å²) in [5, 5.41) is 3.42. The molecule has 0 amide bonds. The Labute approximate surface area is 86.4 Å². The van der Waals surface area contributed by atoms with Crippen molar-refractivity contribution in [3.8, 4) is 0 Å². The molecule has 0 bridgehead atoms. The van der Waals surface area contributed by atoms with Gasteiger partial charge in [-0.25, -0.2) is 0 Å². The van der Waals surface area contributed by atoms with E-state index in [9.17, 15) is 0 Å². The van der Waals surface area contributed by atoms with Crippen molar-refractivity contribution in [1.82, 2.24) is 5.32 Å². The van der Waals surface area contributed by atoms with Crippen molar-refractivity contribution >= 4 is 15.9 Å². The van der Waals surface area contributed by atoms with E-state index in [4.69, 9.17) is 4.74 Å². The predicted molar refractivity (Wildman–Crippen MR) is 55.7 cm³/mol. The second kappa shape index (κ2) is 4.22. The van der Waals surface area contributed by atoms with Gasteiger partial charge in [-0.3, -0.25) is 0 Å². The van der Waals surface area contributed by atoms with E-state index in [0.29, 0.717) is 6.04 Å². The maximum Gasteiger partial charge on any atom is 0.0662 e. The summed E-state index contributed by atoms with van der Waals surface area (Å²) in [6.45, 7) is 2.52. The van der Waals surface area contributed by atoms with Crippen LogP contribution in [-0.4, -0.2) is 19.8 Å². The van der Waals surface area contributed by atoms with Gasteiger partial charge < -0.3 is 10.1 Å². The zero-order chi connectivity index (χ0) is 9.10. The Balaban J connectivity index is 2.18. The van der Waals surface area contributed by atoms with E-state index >= 15 is 0 Å². The van der Waals surface area contributed by atoms with Gasteiger partial charge >= 0.3 is 0 Å². The Bertz CT molecular complexity index is 284. The fraction of sp³-hybridized carbons (Fsp3) is 0.400. The number of nitrogens with one attached hydrogen (secondary N) is 1. The van der Waals surface area contributed by atoms with Gasteiger partial charge in [0.05, 0.1) is 19.3 Å². The minimum atomic E-state index is 0.337. The number of ether oxygens (including phenoxy) is 1. The molecule has 2 rings (SSSR count). The highest BCUT2D eigenvalue weighted by Gasteiger charge is 2.16. The first-order valence-corrected chi connectivity index (χ1v) is 5.23. The summed E-state index contributed by atoms with van der Waals surface area (Å²) in [6.07, 6.45) is 0. The minimum absolute atomic E-state index is 0.337. The molecule has 1 aromatic carbocycles. The average Bonchev–Trinajstić information content (AvgIpc) is 2.20. The molecular weight excluding hydrogens is 230 g/mol. The monoisotopic (exact) mass is 241 g/mol. The Morgan fingerprint density at radius 3 is 2.92 bits per heavy atom. The molecule has 70 valence electrons. The maximum atomic E-state index is 5.41. The highest BCUT2D eigenvalue weighted by atomic mass is 79.9. The van der Waals surface area contributed by atoms with Crippen molar-refractivity contribution in [1.29, 1.82) is 0 Å². The zero-order valence-corrected chi connectivity index (χ0v) is 8.88. The van der Waals surface area contributed by atoms with Crippen molar-refractivity contribution in [3.05, 3.63) is 34.3 Å². The standard InChI is InChI=1S/C10H12BrNO/c11-9-4-2-1-3-8(9)10-7-13-6-5-12-10/h1-4,10,12H,5-7H2/t10-/m0/s1. The van der Waals surface area contributed by atoms with Crippen LogP contribution in [0.5, 0.6) is 0 Å².